The number of rotatable bonds is 7. The first kappa shape index (κ1) is 21.1. The van der Waals surface area contributed by atoms with Gasteiger partial charge >= 0.3 is 0 Å². The number of amides is 1. The Labute approximate surface area is 189 Å². The van der Waals surface area contributed by atoms with Crippen LogP contribution in [-0.2, 0) is 0 Å². The summed E-state index contributed by atoms with van der Waals surface area (Å²) in [6.07, 6.45) is 0.968. The van der Waals surface area contributed by atoms with E-state index >= 15 is 0 Å². The van der Waals surface area contributed by atoms with Gasteiger partial charge in [-0.05, 0) is 76.8 Å². The Morgan fingerprint density at radius 1 is 1.10 bits per heavy atom. The van der Waals surface area contributed by atoms with Gasteiger partial charge in [0, 0.05) is 15.7 Å². The summed E-state index contributed by atoms with van der Waals surface area (Å²) in [5, 5.41) is 2.93. The van der Waals surface area contributed by atoms with Gasteiger partial charge in [-0.1, -0.05) is 32.0 Å². The van der Waals surface area contributed by atoms with Crippen molar-refractivity contribution in [2.75, 3.05) is 11.9 Å². The van der Waals surface area contributed by atoms with Crippen molar-refractivity contribution in [3.63, 3.8) is 0 Å². The van der Waals surface area contributed by atoms with Crippen LogP contribution in [-0.4, -0.2) is 17.5 Å². The first-order valence-corrected chi connectivity index (χ1v) is 11.0. The minimum atomic E-state index is -0.205. The molecule has 0 aliphatic heterocycles. The number of oxazole rings is 1. The minimum absolute atomic E-state index is 0.205. The van der Waals surface area contributed by atoms with Crippen LogP contribution in [0.15, 0.2) is 75.6 Å². The van der Waals surface area contributed by atoms with Gasteiger partial charge in [0.15, 0.2) is 5.58 Å². The zero-order valence-electron chi connectivity index (χ0n) is 17.4. The first-order chi connectivity index (χ1) is 15.0. The van der Waals surface area contributed by atoms with Gasteiger partial charge in [0.1, 0.15) is 11.3 Å². The highest BCUT2D eigenvalue weighted by Crippen LogP contribution is 2.31. The third-order valence-corrected chi connectivity index (χ3v) is 5.50. The van der Waals surface area contributed by atoms with Gasteiger partial charge in [0.05, 0.1) is 12.2 Å². The van der Waals surface area contributed by atoms with Crippen LogP contribution >= 0.6 is 15.9 Å². The number of benzene rings is 3. The van der Waals surface area contributed by atoms with E-state index < -0.39 is 0 Å². The molecule has 0 aliphatic carbocycles. The number of nitrogens with one attached hydrogen (secondary N) is 1. The monoisotopic (exact) mass is 478 g/mol. The molecule has 4 rings (SSSR count). The molecule has 0 unspecified atom stereocenters. The molecule has 0 spiro atoms. The van der Waals surface area contributed by atoms with Gasteiger partial charge in [0.25, 0.3) is 5.91 Å². The van der Waals surface area contributed by atoms with Crippen LogP contribution in [0.4, 0.5) is 5.69 Å². The molecule has 0 saturated carbocycles. The molecule has 0 atom stereocenters. The summed E-state index contributed by atoms with van der Waals surface area (Å²) in [5.41, 5.74) is 3.39. The second kappa shape index (κ2) is 9.35. The SMILES string of the molecule is CC(C)CCOc1cccc(C(=O)Nc2ccc3oc(-c4ccccc4Br)nc3c2)c1. The third-order valence-electron chi connectivity index (χ3n) is 4.81. The van der Waals surface area contributed by atoms with Gasteiger partial charge in [-0.3, -0.25) is 4.79 Å². The Morgan fingerprint density at radius 3 is 2.74 bits per heavy atom. The maximum atomic E-state index is 12.7. The van der Waals surface area contributed by atoms with E-state index in [0.29, 0.717) is 46.5 Å². The number of fused-ring (bicyclic) bond motifs is 1. The standard InChI is InChI=1S/C25H23BrN2O3/c1-16(2)12-13-30-19-7-5-6-17(14-19)24(29)27-18-10-11-23-22(15-18)28-25(31-23)20-8-3-4-9-21(20)26/h3-11,14-16H,12-13H2,1-2H3,(H,27,29). The van der Waals surface area contributed by atoms with Crippen LogP contribution in [0, 0.1) is 5.92 Å². The topological polar surface area (TPSA) is 64.4 Å². The number of nitrogens with zero attached hydrogens (tertiary/aromatic N) is 1. The number of hydrogen-bond acceptors (Lipinski definition) is 4. The molecule has 0 fully saturated rings. The van der Waals surface area contributed by atoms with Crippen molar-refractivity contribution in [1.82, 2.24) is 4.98 Å². The van der Waals surface area contributed by atoms with Crippen molar-refractivity contribution in [1.29, 1.82) is 0 Å². The van der Waals surface area contributed by atoms with E-state index in [9.17, 15) is 4.79 Å². The number of carbonyl (C=O) groups excluding carboxylic acids is 1. The lowest BCUT2D eigenvalue weighted by Gasteiger charge is -2.10. The van der Waals surface area contributed by atoms with Crippen LogP contribution < -0.4 is 10.1 Å². The molecular weight excluding hydrogens is 456 g/mol. The molecule has 5 nitrogen and oxygen atoms in total. The second-order valence-corrected chi connectivity index (χ2v) is 8.55. The number of halogens is 1. The van der Waals surface area contributed by atoms with E-state index in [1.54, 1.807) is 24.3 Å². The molecule has 0 saturated heterocycles. The van der Waals surface area contributed by atoms with Gasteiger partial charge in [0.2, 0.25) is 5.89 Å². The van der Waals surface area contributed by atoms with Crippen molar-refractivity contribution in [3.05, 3.63) is 76.8 Å². The Balaban J connectivity index is 1.49. The summed E-state index contributed by atoms with van der Waals surface area (Å²) in [6, 6.07) is 20.4. The summed E-state index contributed by atoms with van der Waals surface area (Å²) in [6.45, 7) is 4.94. The smallest absolute Gasteiger partial charge is 0.255 e. The number of hydrogen-bond donors (Lipinski definition) is 1. The van der Waals surface area contributed by atoms with Crippen LogP contribution in [0.2, 0.25) is 0 Å². The molecule has 1 heterocycles. The summed E-state index contributed by atoms with van der Waals surface area (Å²) in [4.78, 5) is 17.3. The van der Waals surface area contributed by atoms with Crippen LogP contribution in [0.3, 0.4) is 0 Å². The van der Waals surface area contributed by atoms with Crippen molar-refractivity contribution < 1.29 is 13.9 Å². The molecule has 4 aromatic rings. The number of carbonyl (C=O) groups is 1. The molecule has 0 radical (unpaired) electrons. The fraction of sp³-hybridized carbons (Fsp3) is 0.200. The van der Waals surface area contributed by atoms with Crippen molar-refractivity contribution in [2.24, 2.45) is 5.92 Å². The Bertz CT molecular complexity index is 1220. The fourth-order valence-electron chi connectivity index (χ4n) is 3.10. The molecule has 1 N–H and O–H groups in total. The summed E-state index contributed by atoms with van der Waals surface area (Å²) >= 11 is 3.52. The Hall–Kier alpha value is -3.12. The van der Waals surface area contributed by atoms with E-state index in [-0.39, 0.29) is 5.91 Å². The van der Waals surface area contributed by atoms with Crippen molar-refractivity contribution in [2.45, 2.75) is 20.3 Å². The maximum Gasteiger partial charge on any atom is 0.255 e. The first-order valence-electron chi connectivity index (χ1n) is 10.2. The van der Waals surface area contributed by atoms with E-state index in [4.69, 9.17) is 9.15 Å². The molecule has 0 aliphatic rings. The minimum Gasteiger partial charge on any atom is -0.494 e. The Kier molecular flexibility index (Phi) is 6.37. The average Bonchev–Trinajstić information content (AvgIpc) is 3.17. The normalized spacial score (nSPS) is 11.1. The van der Waals surface area contributed by atoms with Gasteiger partial charge in [-0.25, -0.2) is 4.98 Å². The summed E-state index contributed by atoms with van der Waals surface area (Å²) in [7, 11) is 0. The molecular formula is C25H23BrN2O3. The van der Waals surface area contributed by atoms with Crippen LogP contribution in [0.5, 0.6) is 5.75 Å². The highest BCUT2D eigenvalue weighted by atomic mass is 79.9. The zero-order chi connectivity index (χ0) is 21.8. The lowest BCUT2D eigenvalue weighted by atomic mass is 10.1. The summed E-state index contributed by atoms with van der Waals surface area (Å²) < 4.78 is 12.6. The highest BCUT2D eigenvalue weighted by molar-refractivity contribution is 9.10. The lowest BCUT2D eigenvalue weighted by molar-refractivity contribution is 0.102. The van der Waals surface area contributed by atoms with Gasteiger partial charge in [-0.15, -0.1) is 0 Å². The predicted molar refractivity (Wildman–Crippen MR) is 126 cm³/mol. The number of anilines is 1. The Morgan fingerprint density at radius 2 is 1.94 bits per heavy atom. The third kappa shape index (κ3) is 5.14. The van der Waals surface area contributed by atoms with E-state index in [1.807, 2.05) is 42.5 Å². The quantitative estimate of drug-likeness (QED) is 0.312. The fourth-order valence-corrected chi connectivity index (χ4v) is 3.55. The highest BCUT2D eigenvalue weighted by Gasteiger charge is 2.13. The zero-order valence-corrected chi connectivity index (χ0v) is 19.0. The number of ether oxygens (including phenoxy) is 1. The summed E-state index contributed by atoms with van der Waals surface area (Å²) in [5.74, 6) is 1.58. The molecule has 1 amide bonds. The molecule has 31 heavy (non-hydrogen) atoms. The number of aromatic nitrogens is 1. The maximum absolute atomic E-state index is 12.7. The predicted octanol–water partition coefficient (Wildman–Crippen LogP) is 6.93. The second-order valence-electron chi connectivity index (χ2n) is 7.69. The molecule has 1 aromatic heterocycles. The van der Waals surface area contributed by atoms with Gasteiger partial charge in [-0.2, -0.15) is 0 Å². The lowest BCUT2D eigenvalue weighted by Crippen LogP contribution is -2.12. The van der Waals surface area contributed by atoms with Gasteiger partial charge < -0.3 is 14.5 Å². The van der Waals surface area contributed by atoms with E-state index in [2.05, 4.69) is 40.1 Å². The molecule has 6 heteroatoms. The largest absolute Gasteiger partial charge is 0.494 e. The van der Waals surface area contributed by atoms with E-state index in [1.165, 1.54) is 0 Å². The van der Waals surface area contributed by atoms with Crippen LogP contribution in [0.25, 0.3) is 22.6 Å². The molecule has 3 aromatic carbocycles. The molecule has 0 bridgehead atoms. The van der Waals surface area contributed by atoms with Crippen molar-refractivity contribution >= 4 is 38.6 Å². The van der Waals surface area contributed by atoms with Crippen molar-refractivity contribution in [3.8, 4) is 17.2 Å². The average molecular weight is 479 g/mol. The molecule has 158 valence electrons. The van der Waals surface area contributed by atoms with Crippen LogP contribution in [0.1, 0.15) is 30.6 Å². The van der Waals surface area contributed by atoms with E-state index in [0.717, 1.165) is 16.5 Å².